The molecular weight excluding hydrogens is 198 g/mol. The van der Waals surface area contributed by atoms with Gasteiger partial charge in [0.05, 0.1) is 11.7 Å². The Morgan fingerprint density at radius 1 is 1.19 bits per heavy atom. The van der Waals surface area contributed by atoms with Crippen LogP contribution >= 0.6 is 0 Å². The third-order valence-electron chi connectivity index (χ3n) is 4.82. The van der Waals surface area contributed by atoms with Crippen molar-refractivity contribution in [3.63, 3.8) is 0 Å². The van der Waals surface area contributed by atoms with Crippen molar-refractivity contribution in [1.82, 2.24) is 5.32 Å². The van der Waals surface area contributed by atoms with Crippen LogP contribution in [0.3, 0.4) is 0 Å². The highest BCUT2D eigenvalue weighted by atomic mass is 16.5. The van der Waals surface area contributed by atoms with Crippen LogP contribution < -0.4 is 5.32 Å². The molecule has 92 valence electrons. The lowest BCUT2D eigenvalue weighted by atomic mass is 9.83. The Morgan fingerprint density at radius 3 is 2.62 bits per heavy atom. The van der Waals surface area contributed by atoms with E-state index >= 15 is 0 Å². The maximum absolute atomic E-state index is 6.34. The number of ether oxygens (including phenoxy) is 1. The fourth-order valence-corrected chi connectivity index (χ4v) is 3.49. The van der Waals surface area contributed by atoms with Gasteiger partial charge in [-0.3, -0.25) is 0 Å². The van der Waals surface area contributed by atoms with Crippen LogP contribution in [0.25, 0.3) is 0 Å². The molecule has 2 nitrogen and oxygen atoms in total. The number of hydrogen-bond donors (Lipinski definition) is 1. The molecule has 3 unspecified atom stereocenters. The molecule has 16 heavy (non-hydrogen) atoms. The Kier molecular flexibility index (Phi) is 2.97. The minimum absolute atomic E-state index is 0.305. The van der Waals surface area contributed by atoms with Gasteiger partial charge in [-0.25, -0.2) is 0 Å². The molecule has 1 saturated heterocycles. The Morgan fingerprint density at radius 2 is 1.94 bits per heavy atom. The highest BCUT2D eigenvalue weighted by Gasteiger charge is 2.41. The zero-order chi connectivity index (χ0) is 11.0. The van der Waals surface area contributed by atoms with Crippen LogP contribution in [0, 0.1) is 5.92 Å². The van der Waals surface area contributed by atoms with E-state index in [4.69, 9.17) is 4.74 Å². The standard InChI is InChI=1S/C14H25NO/c1-11-9-13(11)15-10-12-5-8-14(16-12)6-3-2-4-7-14/h11-13,15H,2-10H2,1H3. The summed E-state index contributed by atoms with van der Waals surface area (Å²) in [5, 5.41) is 3.65. The van der Waals surface area contributed by atoms with E-state index in [0.29, 0.717) is 11.7 Å². The summed E-state index contributed by atoms with van der Waals surface area (Å²) in [7, 11) is 0. The van der Waals surface area contributed by atoms with Gasteiger partial charge < -0.3 is 10.1 Å². The van der Waals surface area contributed by atoms with Gasteiger partial charge in [0, 0.05) is 12.6 Å². The van der Waals surface area contributed by atoms with E-state index in [1.165, 1.54) is 51.4 Å². The van der Waals surface area contributed by atoms with E-state index in [1.54, 1.807) is 0 Å². The minimum atomic E-state index is 0.305. The fourth-order valence-electron chi connectivity index (χ4n) is 3.49. The molecule has 1 heterocycles. The third kappa shape index (κ3) is 2.28. The lowest BCUT2D eigenvalue weighted by Gasteiger charge is -2.33. The van der Waals surface area contributed by atoms with Crippen LogP contribution in [0.1, 0.15) is 58.3 Å². The van der Waals surface area contributed by atoms with Crippen molar-refractivity contribution in [2.75, 3.05) is 6.54 Å². The van der Waals surface area contributed by atoms with Crippen molar-refractivity contribution < 1.29 is 4.74 Å². The summed E-state index contributed by atoms with van der Waals surface area (Å²) in [6, 6.07) is 0.798. The van der Waals surface area contributed by atoms with E-state index in [-0.39, 0.29) is 0 Å². The summed E-state index contributed by atoms with van der Waals surface area (Å²) in [5.41, 5.74) is 0.305. The molecular formula is C14H25NO. The molecule has 3 rings (SSSR count). The van der Waals surface area contributed by atoms with Crippen LogP contribution in [-0.4, -0.2) is 24.3 Å². The predicted molar refractivity (Wildman–Crippen MR) is 65.5 cm³/mol. The summed E-state index contributed by atoms with van der Waals surface area (Å²) in [5.74, 6) is 0.907. The summed E-state index contributed by atoms with van der Waals surface area (Å²) in [6.45, 7) is 3.42. The lowest BCUT2D eigenvalue weighted by molar-refractivity contribution is -0.0624. The molecule has 2 saturated carbocycles. The van der Waals surface area contributed by atoms with Crippen LogP contribution in [0.2, 0.25) is 0 Å². The number of rotatable bonds is 3. The van der Waals surface area contributed by atoms with Gasteiger partial charge in [-0.15, -0.1) is 0 Å². The monoisotopic (exact) mass is 223 g/mol. The van der Waals surface area contributed by atoms with Gasteiger partial charge in [-0.1, -0.05) is 26.2 Å². The van der Waals surface area contributed by atoms with E-state index in [9.17, 15) is 0 Å². The van der Waals surface area contributed by atoms with Gasteiger partial charge in [-0.2, -0.15) is 0 Å². The van der Waals surface area contributed by atoms with Gasteiger partial charge in [0.1, 0.15) is 0 Å². The largest absolute Gasteiger partial charge is 0.370 e. The minimum Gasteiger partial charge on any atom is -0.370 e. The molecule has 0 amide bonds. The Hall–Kier alpha value is -0.0800. The van der Waals surface area contributed by atoms with Crippen molar-refractivity contribution in [2.45, 2.75) is 76.0 Å². The van der Waals surface area contributed by atoms with E-state index in [2.05, 4.69) is 12.2 Å². The number of nitrogens with one attached hydrogen (secondary N) is 1. The topological polar surface area (TPSA) is 21.3 Å². The van der Waals surface area contributed by atoms with Crippen molar-refractivity contribution >= 4 is 0 Å². The van der Waals surface area contributed by atoms with Crippen LogP contribution in [0.4, 0.5) is 0 Å². The van der Waals surface area contributed by atoms with E-state index < -0.39 is 0 Å². The summed E-state index contributed by atoms with van der Waals surface area (Å²) in [6.07, 6.45) is 11.3. The van der Waals surface area contributed by atoms with Crippen LogP contribution in [0.5, 0.6) is 0 Å². The molecule has 0 radical (unpaired) electrons. The first-order chi connectivity index (χ1) is 7.77. The SMILES string of the molecule is CC1CC1NCC1CCC2(CCCCC2)O1. The maximum Gasteiger partial charge on any atom is 0.0708 e. The highest BCUT2D eigenvalue weighted by Crippen LogP contribution is 2.42. The second-order valence-electron chi connectivity index (χ2n) is 6.25. The van der Waals surface area contributed by atoms with Crippen LogP contribution in [0.15, 0.2) is 0 Å². The molecule has 0 aromatic rings. The molecule has 3 aliphatic rings. The smallest absolute Gasteiger partial charge is 0.0708 e. The summed E-state index contributed by atoms with van der Waals surface area (Å²) >= 11 is 0. The lowest BCUT2D eigenvalue weighted by Crippen LogP contribution is -2.35. The maximum atomic E-state index is 6.34. The van der Waals surface area contributed by atoms with E-state index in [1.807, 2.05) is 0 Å². The quantitative estimate of drug-likeness (QED) is 0.794. The molecule has 1 N–H and O–H groups in total. The van der Waals surface area contributed by atoms with Gasteiger partial charge in [0.15, 0.2) is 0 Å². The van der Waals surface area contributed by atoms with Crippen molar-refractivity contribution in [3.05, 3.63) is 0 Å². The predicted octanol–water partition coefficient (Wildman–Crippen LogP) is 2.87. The summed E-state index contributed by atoms with van der Waals surface area (Å²) in [4.78, 5) is 0. The average molecular weight is 223 g/mol. The third-order valence-corrected chi connectivity index (χ3v) is 4.82. The molecule has 2 heteroatoms. The number of hydrogen-bond acceptors (Lipinski definition) is 2. The first-order valence-corrected chi connectivity index (χ1v) is 7.19. The van der Waals surface area contributed by atoms with Crippen LogP contribution in [-0.2, 0) is 4.74 Å². The molecule has 3 fully saturated rings. The van der Waals surface area contributed by atoms with E-state index in [0.717, 1.165) is 18.5 Å². The van der Waals surface area contributed by atoms with Gasteiger partial charge >= 0.3 is 0 Å². The molecule has 1 spiro atoms. The molecule has 1 aliphatic heterocycles. The first-order valence-electron chi connectivity index (χ1n) is 7.19. The second-order valence-corrected chi connectivity index (χ2v) is 6.25. The van der Waals surface area contributed by atoms with Gasteiger partial charge in [0.2, 0.25) is 0 Å². The van der Waals surface area contributed by atoms with Crippen molar-refractivity contribution in [2.24, 2.45) is 5.92 Å². The molecule has 0 bridgehead atoms. The zero-order valence-corrected chi connectivity index (χ0v) is 10.5. The van der Waals surface area contributed by atoms with Gasteiger partial charge in [-0.05, 0) is 38.0 Å². The highest BCUT2D eigenvalue weighted by molar-refractivity contribution is 4.94. The first kappa shape index (κ1) is 11.0. The van der Waals surface area contributed by atoms with Crippen molar-refractivity contribution in [1.29, 1.82) is 0 Å². The molecule has 2 aliphatic carbocycles. The fraction of sp³-hybridized carbons (Fsp3) is 1.00. The average Bonchev–Trinajstić information content (AvgIpc) is 2.87. The van der Waals surface area contributed by atoms with Gasteiger partial charge in [0.25, 0.3) is 0 Å². The summed E-state index contributed by atoms with van der Waals surface area (Å²) < 4.78 is 6.34. The second kappa shape index (κ2) is 4.30. The Balaban J connectivity index is 1.45. The van der Waals surface area contributed by atoms with Crippen molar-refractivity contribution in [3.8, 4) is 0 Å². The zero-order valence-electron chi connectivity index (χ0n) is 10.5. The normalized spacial score (nSPS) is 41.4. The molecule has 0 aromatic carbocycles. The molecule has 0 aromatic heterocycles. The Labute approximate surface area is 99.1 Å². The molecule has 3 atom stereocenters. The Bertz CT molecular complexity index is 247.